The Balaban J connectivity index is 1.79. The van der Waals surface area contributed by atoms with Crippen LogP contribution in [0.25, 0.3) is 0 Å². The highest BCUT2D eigenvalue weighted by Gasteiger charge is 2.40. The summed E-state index contributed by atoms with van der Waals surface area (Å²) >= 11 is 0. The van der Waals surface area contributed by atoms with E-state index in [-0.39, 0.29) is 35.9 Å². The lowest BCUT2D eigenvalue weighted by Crippen LogP contribution is -2.57. The lowest BCUT2D eigenvalue weighted by atomic mass is 9.98. The molecule has 2 heterocycles. The van der Waals surface area contributed by atoms with E-state index in [0.29, 0.717) is 26.1 Å². The van der Waals surface area contributed by atoms with E-state index in [1.165, 1.54) is 0 Å². The van der Waals surface area contributed by atoms with Crippen molar-refractivity contribution in [3.8, 4) is 0 Å². The molecule has 2 amide bonds. The third-order valence-corrected chi connectivity index (χ3v) is 5.22. The molecule has 0 bridgehead atoms. The number of ether oxygens (including phenoxy) is 1. The lowest BCUT2D eigenvalue weighted by molar-refractivity contribution is -0.155. The summed E-state index contributed by atoms with van der Waals surface area (Å²) in [4.78, 5) is 29.2. The number of rotatable bonds is 4. The number of carbonyl (C=O) groups excluding carboxylic acids is 2. The van der Waals surface area contributed by atoms with E-state index in [0.717, 1.165) is 12.0 Å². The minimum Gasteiger partial charge on any atom is -0.370 e. The average molecular weight is 344 g/mol. The van der Waals surface area contributed by atoms with Crippen molar-refractivity contribution in [3.05, 3.63) is 35.9 Å². The summed E-state index contributed by atoms with van der Waals surface area (Å²) < 4.78 is 5.97. The number of amides is 2. The van der Waals surface area contributed by atoms with Crippen LogP contribution in [0.2, 0.25) is 0 Å². The number of morpholine rings is 1. The molecule has 2 aliphatic heterocycles. The maximum atomic E-state index is 13.3. The number of benzene rings is 1. The third kappa shape index (κ3) is 3.71. The molecule has 0 radical (unpaired) electrons. The van der Waals surface area contributed by atoms with Gasteiger partial charge in [-0.2, -0.15) is 0 Å². The molecule has 0 unspecified atom stereocenters. The molecule has 0 N–H and O–H groups in total. The number of carbonyl (C=O) groups is 2. The molecule has 0 spiro atoms. The van der Waals surface area contributed by atoms with Gasteiger partial charge in [0.05, 0.1) is 19.2 Å². The molecule has 25 heavy (non-hydrogen) atoms. The normalized spacial score (nSPS) is 25.5. The number of hydrogen-bond acceptors (Lipinski definition) is 3. The van der Waals surface area contributed by atoms with Crippen LogP contribution >= 0.6 is 0 Å². The monoisotopic (exact) mass is 344 g/mol. The summed E-state index contributed by atoms with van der Waals surface area (Å²) in [5, 5.41) is 0. The Kier molecular flexibility index (Phi) is 5.42. The number of likely N-dealkylation sites (tertiary alicyclic amines) is 1. The van der Waals surface area contributed by atoms with E-state index in [2.05, 4.69) is 0 Å². The van der Waals surface area contributed by atoms with E-state index in [4.69, 9.17) is 4.74 Å². The first-order valence-corrected chi connectivity index (χ1v) is 9.25. The van der Waals surface area contributed by atoms with Gasteiger partial charge in [0, 0.05) is 13.0 Å². The van der Waals surface area contributed by atoms with Gasteiger partial charge in [-0.1, -0.05) is 44.2 Å². The van der Waals surface area contributed by atoms with Crippen molar-refractivity contribution in [3.63, 3.8) is 0 Å². The molecule has 1 aromatic carbocycles. The van der Waals surface area contributed by atoms with E-state index in [1.54, 1.807) is 4.90 Å². The molecule has 2 fully saturated rings. The van der Waals surface area contributed by atoms with E-state index in [9.17, 15) is 9.59 Å². The molecule has 3 atom stereocenters. The smallest absolute Gasteiger partial charge is 0.246 e. The SMILES string of the molecule is CC(C)[C@H](C(=O)N1C[C@H](c2ccccc2)OC[C@H]1C)N1CCCC1=O. The summed E-state index contributed by atoms with van der Waals surface area (Å²) in [5.74, 6) is 0.259. The maximum absolute atomic E-state index is 13.3. The molecule has 136 valence electrons. The van der Waals surface area contributed by atoms with Crippen molar-refractivity contribution in [2.24, 2.45) is 5.92 Å². The minimum absolute atomic E-state index is 0.0198. The summed E-state index contributed by atoms with van der Waals surface area (Å²) in [6.45, 7) is 7.80. The Morgan fingerprint density at radius 3 is 2.56 bits per heavy atom. The van der Waals surface area contributed by atoms with Crippen molar-refractivity contribution in [2.45, 2.75) is 51.8 Å². The zero-order valence-corrected chi connectivity index (χ0v) is 15.4. The third-order valence-electron chi connectivity index (χ3n) is 5.22. The highest BCUT2D eigenvalue weighted by atomic mass is 16.5. The fourth-order valence-corrected chi connectivity index (χ4v) is 3.84. The predicted octanol–water partition coefficient (Wildman–Crippen LogP) is 2.62. The first-order valence-electron chi connectivity index (χ1n) is 9.25. The van der Waals surface area contributed by atoms with E-state index < -0.39 is 0 Å². The minimum atomic E-state index is -0.369. The van der Waals surface area contributed by atoms with Crippen LogP contribution in [-0.2, 0) is 14.3 Å². The van der Waals surface area contributed by atoms with Crippen molar-refractivity contribution >= 4 is 11.8 Å². The largest absolute Gasteiger partial charge is 0.370 e. The van der Waals surface area contributed by atoms with Crippen LogP contribution in [0.15, 0.2) is 30.3 Å². The van der Waals surface area contributed by atoms with Gasteiger partial charge in [-0.3, -0.25) is 9.59 Å². The average Bonchev–Trinajstić information content (AvgIpc) is 3.01. The van der Waals surface area contributed by atoms with Crippen LogP contribution in [0.5, 0.6) is 0 Å². The van der Waals surface area contributed by atoms with Gasteiger partial charge < -0.3 is 14.5 Å². The van der Waals surface area contributed by atoms with Gasteiger partial charge in [-0.25, -0.2) is 0 Å². The van der Waals surface area contributed by atoms with Crippen LogP contribution in [0.4, 0.5) is 0 Å². The molecule has 0 saturated carbocycles. The second-order valence-corrected chi connectivity index (χ2v) is 7.45. The Morgan fingerprint density at radius 1 is 1.24 bits per heavy atom. The second kappa shape index (κ2) is 7.56. The lowest BCUT2D eigenvalue weighted by Gasteiger charge is -2.42. The van der Waals surface area contributed by atoms with Gasteiger partial charge >= 0.3 is 0 Å². The van der Waals surface area contributed by atoms with Gasteiger partial charge in [0.15, 0.2) is 0 Å². The maximum Gasteiger partial charge on any atom is 0.246 e. The summed E-state index contributed by atoms with van der Waals surface area (Å²) in [6.07, 6.45) is 1.30. The fourth-order valence-electron chi connectivity index (χ4n) is 3.84. The Bertz CT molecular complexity index is 617. The Hall–Kier alpha value is -1.88. The predicted molar refractivity (Wildman–Crippen MR) is 95.9 cm³/mol. The Labute approximate surface area is 149 Å². The first kappa shape index (κ1) is 17.9. The molecule has 0 aliphatic carbocycles. The standard InChI is InChI=1S/C20H28N2O3/c1-14(2)19(21-11-7-10-18(21)23)20(24)22-12-17(25-13-15(22)3)16-8-5-4-6-9-16/h4-6,8-9,14-15,17,19H,7,10-13H2,1-3H3/t15-,17-,19-/m1/s1. The van der Waals surface area contributed by atoms with Crippen LogP contribution in [0.1, 0.15) is 45.3 Å². The Morgan fingerprint density at radius 2 is 1.96 bits per heavy atom. The van der Waals surface area contributed by atoms with Gasteiger partial charge in [0.25, 0.3) is 0 Å². The summed E-state index contributed by atoms with van der Waals surface area (Å²) in [7, 11) is 0. The van der Waals surface area contributed by atoms with E-state index >= 15 is 0 Å². The molecular weight excluding hydrogens is 316 g/mol. The van der Waals surface area contributed by atoms with Gasteiger partial charge in [0.2, 0.25) is 11.8 Å². The van der Waals surface area contributed by atoms with Crippen LogP contribution in [0.3, 0.4) is 0 Å². The second-order valence-electron chi connectivity index (χ2n) is 7.45. The van der Waals surface area contributed by atoms with Crippen molar-refractivity contribution in [1.82, 2.24) is 9.80 Å². The highest BCUT2D eigenvalue weighted by Crippen LogP contribution is 2.28. The summed E-state index contributed by atoms with van der Waals surface area (Å²) in [5.41, 5.74) is 1.09. The van der Waals surface area contributed by atoms with Crippen LogP contribution in [0, 0.1) is 5.92 Å². The zero-order valence-electron chi connectivity index (χ0n) is 15.4. The molecule has 1 aromatic rings. The number of nitrogens with zero attached hydrogens (tertiary/aromatic N) is 2. The van der Waals surface area contributed by atoms with Crippen molar-refractivity contribution in [1.29, 1.82) is 0 Å². The van der Waals surface area contributed by atoms with Crippen molar-refractivity contribution in [2.75, 3.05) is 19.7 Å². The topological polar surface area (TPSA) is 49.9 Å². The van der Waals surface area contributed by atoms with Gasteiger partial charge in [0.1, 0.15) is 12.1 Å². The van der Waals surface area contributed by atoms with Gasteiger partial charge in [-0.05, 0) is 24.8 Å². The van der Waals surface area contributed by atoms with Crippen molar-refractivity contribution < 1.29 is 14.3 Å². The quantitative estimate of drug-likeness (QED) is 0.844. The highest BCUT2D eigenvalue weighted by molar-refractivity contribution is 5.89. The van der Waals surface area contributed by atoms with Crippen LogP contribution < -0.4 is 0 Å². The molecular formula is C20H28N2O3. The van der Waals surface area contributed by atoms with Crippen LogP contribution in [-0.4, -0.2) is 53.4 Å². The van der Waals surface area contributed by atoms with E-state index in [1.807, 2.05) is 56.0 Å². The molecule has 2 saturated heterocycles. The molecule has 5 heteroatoms. The molecule has 5 nitrogen and oxygen atoms in total. The molecule has 0 aromatic heterocycles. The first-order chi connectivity index (χ1) is 12.0. The summed E-state index contributed by atoms with van der Waals surface area (Å²) in [6, 6.07) is 9.68. The van der Waals surface area contributed by atoms with Gasteiger partial charge in [-0.15, -0.1) is 0 Å². The fraction of sp³-hybridized carbons (Fsp3) is 0.600. The molecule has 3 rings (SSSR count). The molecule has 2 aliphatic rings. The zero-order chi connectivity index (χ0) is 18.0. The number of hydrogen-bond donors (Lipinski definition) is 0.